The summed E-state index contributed by atoms with van der Waals surface area (Å²) in [5.41, 5.74) is -1.23. The number of furan rings is 1. The van der Waals surface area contributed by atoms with E-state index >= 15 is 0 Å². The largest absolute Gasteiger partial charge is 0.461 e. The zero-order valence-corrected chi connectivity index (χ0v) is 24.2. The quantitative estimate of drug-likeness (QED) is 0.432. The van der Waals surface area contributed by atoms with Gasteiger partial charge in [-0.2, -0.15) is 0 Å². The number of nitrogens with zero attached hydrogens (tertiary/aromatic N) is 2. The molecule has 7 heteroatoms. The summed E-state index contributed by atoms with van der Waals surface area (Å²) < 4.78 is 5.67. The minimum absolute atomic E-state index is 0.0408. The normalized spacial score (nSPS) is 46.0. The summed E-state index contributed by atoms with van der Waals surface area (Å²) in [6.45, 7) is 9.90. The van der Waals surface area contributed by atoms with Crippen molar-refractivity contribution < 1.29 is 24.2 Å². The molecule has 2 N–H and O–H groups in total. The Bertz CT molecular complexity index is 1280. The molecule has 2 bridgehead atoms. The van der Waals surface area contributed by atoms with Gasteiger partial charge in [0.15, 0.2) is 5.76 Å². The number of fused-ring (bicyclic) bond motifs is 1. The fourth-order valence-electron chi connectivity index (χ4n) is 10.7. The number of aliphatic hydroxyl groups is 2. The zero-order valence-electron chi connectivity index (χ0n) is 24.2. The van der Waals surface area contributed by atoms with Crippen LogP contribution in [0.15, 0.2) is 46.6 Å². The first-order chi connectivity index (χ1) is 19.0. The SMILES string of the molecule is CC(=O)N1CCN(C[C@]2(O)CC[C@H]3[C@]45C=C[C@@]6(C=C4C(=O)c4ccco4)CC(O)CC[C@]6(C)[C@H]5CC[C@@]32C)CC1. The molecule has 1 aliphatic heterocycles. The molecule has 1 saturated heterocycles. The highest BCUT2D eigenvalue weighted by Gasteiger charge is 2.74. The highest BCUT2D eigenvalue weighted by molar-refractivity contribution is 6.08. The number of ketones is 1. The standard InChI is InChI=1S/C33H44N2O5/c1-22(36)35-16-14-34(15-17-35)21-32(39)11-8-27-30(32,3)10-7-26-29(2)9-6-23(37)19-31(29)12-13-33(26,27)24(20-31)28(38)25-5-4-18-40-25/h4-5,12-13,18,20,23,26-27,37,39H,6-11,14-17,19,21H2,1-3H3/t23?,26-,27-,29-,30+,31+,32-,33-/m1/s1. The Balaban J connectivity index is 1.29. The van der Waals surface area contributed by atoms with Gasteiger partial charge >= 0.3 is 0 Å². The van der Waals surface area contributed by atoms with Crippen LogP contribution in [-0.4, -0.2) is 76.1 Å². The van der Waals surface area contributed by atoms with Gasteiger partial charge in [0.1, 0.15) is 0 Å². The van der Waals surface area contributed by atoms with Crippen LogP contribution >= 0.6 is 0 Å². The predicted octanol–water partition coefficient (Wildman–Crippen LogP) is 4.22. The number of hydrogen-bond donors (Lipinski definition) is 2. The molecule has 8 rings (SSSR count). The molecule has 2 spiro atoms. The van der Waals surface area contributed by atoms with E-state index in [0.29, 0.717) is 38.2 Å². The summed E-state index contributed by atoms with van der Waals surface area (Å²) in [5.74, 6) is 0.853. The van der Waals surface area contributed by atoms with Gasteiger partial charge in [0.25, 0.3) is 0 Å². The van der Waals surface area contributed by atoms with E-state index in [1.54, 1.807) is 25.3 Å². The molecule has 4 fully saturated rings. The van der Waals surface area contributed by atoms with Crippen LogP contribution in [0.4, 0.5) is 0 Å². The first-order valence-electron chi connectivity index (χ1n) is 15.4. The Labute approximate surface area is 237 Å². The number of allylic oxidation sites excluding steroid dienone is 4. The van der Waals surface area contributed by atoms with E-state index in [1.807, 2.05) is 4.90 Å². The van der Waals surface area contributed by atoms with Gasteiger partial charge < -0.3 is 19.5 Å². The number of amides is 1. The van der Waals surface area contributed by atoms with Crippen LogP contribution in [0.25, 0.3) is 0 Å². The van der Waals surface area contributed by atoms with Crippen molar-refractivity contribution >= 4 is 11.7 Å². The van der Waals surface area contributed by atoms with E-state index in [0.717, 1.165) is 50.8 Å². The molecule has 3 saturated carbocycles. The maximum Gasteiger partial charge on any atom is 0.224 e. The van der Waals surface area contributed by atoms with E-state index < -0.39 is 11.0 Å². The second kappa shape index (κ2) is 8.65. The van der Waals surface area contributed by atoms with Crippen molar-refractivity contribution in [1.82, 2.24) is 9.80 Å². The summed E-state index contributed by atoms with van der Waals surface area (Å²) in [6, 6.07) is 3.54. The molecule has 1 unspecified atom stereocenters. The van der Waals surface area contributed by atoms with Crippen LogP contribution in [0, 0.1) is 33.5 Å². The molecule has 1 amide bonds. The Hall–Kier alpha value is -2.22. The molecule has 1 aromatic rings. The summed E-state index contributed by atoms with van der Waals surface area (Å²) in [5, 5.41) is 23.3. The second-order valence-electron chi connectivity index (χ2n) is 14.4. The highest BCUT2D eigenvalue weighted by Crippen LogP contribution is 2.78. The number of Topliss-reactive ketones (excluding diaryl/α,β-unsaturated/α-hetero) is 1. The summed E-state index contributed by atoms with van der Waals surface area (Å²) >= 11 is 0. The molecule has 0 aromatic carbocycles. The smallest absolute Gasteiger partial charge is 0.224 e. The summed E-state index contributed by atoms with van der Waals surface area (Å²) in [4.78, 5) is 30.4. The lowest BCUT2D eigenvalue weighted by Gasteiger charge is -2.71. The molecule has 216 valence electrons. The van der Waals surface area contributed by atoms with Gasteiger partial charge in [-0.15, -0.1) is 0 Å². The lowest BCUT2D eigenvalue weighted by Crippen LogP contribution is -2.67. The van der Waals surface area contributed by atoms with Crippen molar-refractivity contribution in [3.8, 4) is 0 Å². The van der Waals surface area contributed by atoms with Crippen LogP contribution in [0.1, 0.15) is 76.3 Å². The molecule has 7 nitrogen and oxygen atoms in total. The van der Waals surface area contributed by atoms with Crippen molar-refractivity contribution in [2.45, 2.75) is 77.4 Å². The Morgan fingerprint density at radius 2 is 1.70 bits per heavy atom. The predicted molar refractivity (Wildman–Crippen MR) is 150 cm³/mol. The average Bonchev–Trinajstić information content (AvgIpc) is 3.55. The number of rotatable bonds is 4. The van der Waals surface area contributed by atoms with Crippen molar-refractivity contribution in [2.24, 2.45) is 33.5 Å². The van der Waals surface area contributed by atoms with E-state index in [-0.39, 0.29) is 45.9 Å². The van der Waals surface area contributed by atoms with Gasteiger partial charge in [-0.25, -0.2) is 0 Å². The Morgan fingerprint density at radius 3 is 2.40 bits per heavy atom. The van der Waals surface area contributed by atoms with Gasteiger partial charge in [0.05, 0.1) is 18.0 Å². The lowest BCUT2D eigenvalue weighted by molar-refractivity contribution is -0.177. The third kappa shape index (κ3) is 3.29. The van der Waals surface area contributed by atoms with Crippen LogP contribution in [-0.2, 0) is 4.79 Å². The van der Waals surface area contributed by atoms with Gasteiger partial charge in [-0.05, 0) is 74.3 Å². The van der Waals surface area contributed by atoms with Crippen molar-refractivity contribution in [3.63, 3.8) is 0 Å². The first kappa shape index (κ1) is 26.7. The number of hydrogen-bond acceptors (Lipinski definition) is 6. The van der Waals surface area contributed by atoms with Crippen molar-refractivity contribution in [1.29, 1.82) is 0 Å². The molecule has 7 aliphatic rings. The molecule has 6 aliphatic carbocycles. The number of carbonyl (C=O) groups is 2. The number of carbonyl (C=O) groups excluding carboxylic acids is 2. The number of β-amino-alcohol motifs (C(OH)–C–C–N with tert-alkyl or cyclic N) is 1. The molecular formula is C33H44N2O5. The van der Waals surface area contributed by atoms with Gasteiger partial charge in [0, 0.05) is 61.5 Å². The number of piperazine rings is 1. The number of aliphatic hydroxyl groups excluding tert-OH is 1. The van der Waals surface area contributed by atoms with Crippen molar-refractivity contribution in [2.75, 3.05) is 32.7 Å². The minimum Gasteiger partial charge on any atom is -0.461 e. The molecule has 0 radical (unpaired) electrons. The van der Waals surface area contributed by atoms with Crippen LogP contribution in [0.5, 0.6) is 0 Å². The monoisotopic (exact) mass is 548 g/mol. The fraction of sp³-hybridized carbons (Fsp3) is 0.697. The van der Waals surface area contributed by atoms with Crippen LogP contribution < -0.4 is 0 Å². The minimum atomic E-state index is -0.863. The average molecular weight is 549 g/mol. The maximum atomic E-state index is 14.3. The fourth-order valence-corrected chi connectivity index (χ4v) is 10.7. The van der Waals surface area contributed by atoms with Gasteiger partial charge in [0.2, 0.25) is 11.7 Å². The maximum absolute atomic E-state index is 14.3. The molecular weight excluding hydrogens is 504 g/mol. The van der Waals surface area contributed by atoms with E-state index in [9.17, 15) is 19.8 Å². The molecule has 8 atom stereocenters. The lowest BCUT2D eigenvalue weighted by atomic mass is 9.32. The molecule has 2 heterocycles. The summed E-state index contributed by atoms with van der Waals surface area (Å²) in [6.07, 6.45) is 14.0. The molecule has 40 heavy (non-hydrogen) atoms. The van der Waals surface area contributed by atoms with Gasteiger partial charge in [-0.1, -0.05) is 32.1 Å². The third-order valence-electron chi connectivity index (χ3n) is 13.0. The van der Waals surface area contributed by atoms with Crippen LogP contribution in [0.2, 0.25) is 0 Å². The molecule has 1 aromatic heterocycles. The topological polar surface area (TPSA) is 94.2 Å². The highest BCUT2D eigenvalue weighted by atomic mass is 16.3. The van der Waals surface area contributed by atoms with E-state index in [2.05, 4.69) is 37.0 Å². The van der Waals surface area contributed by atoms with Gasteiger partial charge in [-0.3, -0.25) is 14.5 Å². The Morgan fingerprint density at radius 1 is 1.00 bits per heavy atom. The third-order valence-corrected chi connectivity index (χ3v) is 13.0. The summed E-state index contributed by atoms with van der Waals surface area (Å²) in [7, 11) is 0. The zero-order chi connectivity index (χ0) is 28.1. The van der Waals surface area contributed by atoms with Crippen molar-refractivity contribution in [3.05, 3.63) is 48.0 Å². The Kier molecular flexibility index (Phi) is 5.77. The van der Waals surface area contributed by atoms with E-state index in [4.69, 9.17) is 4.42 Å². The van der Waals surface area contributed by atoms with E-state index in [1.165, 1.54) is 0 Å². The van der Waals surface area contributed by atoms with Crippen LogP contribution in [0.3, 0.4) is 0 Å². The first-order valence-corrected chi connectivity index (χ1v) is 15.4. The second-order valence-corrected chi connectivity index (χ2v) is 14.4.